The summed E-state index contributed by atoms with van der Waals surface area (Å²) >= 11 is 0. The van der Waals surface area contributed by atoms with E-state index in [-0.39, 0.29) is 5.75 Å². The Morgan fingerprint density at radius 1 is 1.43 bits per heavy atom. The first kappa shape index (κ1) is 6.85. The minimum absolute atomic E-state index is 0.0657. The van der Waals surface area contributed by atoms with Gasteiger partial charge in [0.1, 0.15) is 11.4 Å². The highest BCUT2D eigenvalue weighted by Gasteiger charge is 2.75. The van der Waals surface area contributed by atoms with Crippen molar-refractivity contribution in [3.8, 4) is 17.2 Å². The van der Waals surface area contributed by atoms with Crippen molar-refractivity contribution in [2.75, 3.05) is 0 Å². The fraction of sp³-hybridized carbons (Fsp3) is 0. The number of aromatic hydroxyl groups is 1. The Morgan fingerprint density at radius 2 is 2.21 bits per heavy atom. The molecule has 0 spiro atoms. The molecule has 0 radical (unpaired) electrons. The molecule has 1 unspecified atom stereocenters. The minimum atomic E-state index is -2.20. The van der Waals surface area contributed by atoms with Crippen LogP contribution in [0.4, 0.5) is 0 Å². The molecular formula is C9H4NO3P. The molecule has 3 aliphatic rings. The van der Waals surface area contributed by atoms with Crippen molar-refractivity contribution in [1.82, 2.24) is 4.98 Å². The molecule has 2 bridgehead atoms. The molecule has 0 fully saturated rings. The molecule has 0 aromatic carbocycles. The fourth-order valence-electron chi connectivity index (χ4n) is 1.83. The molecule has 5 rings (SSSR count). The minimum Gasteiger partial charge on any atom is -0.506 e. The summed E-state index contributed by atoms with van der Waals surface area (Å²) in [7, 11) is -2.20. The third-order valence-electron chi connectivity index (χ3n) is 2.66. The van der Waals surface area contributed by atoms with Gasteiger partial charge in [-0.2, -0.15) is 0 Å². The second kappa shape index (κ2) is 1.66. The Kier molecular flexibility index (Phi) is 0.813. The summed E-state index contributed by atoms with van der Waals surface area (Å²) in [4.78, 5) is 4.00. The molecule has 14 heavy (non-hydrogen) atoms. The molecule has 0 amide bonds. The Balaban J connectivity index is 2.01. The van der Waals surface area contributed by atoms with Gasteiger partial charge in [0, 0.05) is 6.20 Å². The number of hydrogen-bond donors (Lipinski definition) is 1. The number of fused-ring (bicyclic) bond motifs is 1. The number of rotatable bonds is 1. The van der Waals surface area contributed by atoms with Gasteiger partial charge in [-0.1, -0.05) is 0 Å². The van der Waals surface area contributed by atoms with Gasteiger partial charge < -0.3 is 14.1 Å². The summed E-state index contributed by atoms with van der Waals surface area (Å²) < 4.78 is 17.0. The van der Waals surface area contributed by atoms with Crippen LogP contribution in [0.1, 0.15) is 0 Å². The first-order chi connectivity index (χ1) is 6.74. The third-order valence-corrected chi connectivity index (χ3v) is 5.21. The predicted molar refractivity (Wildman–Crippen MR) is 50.1 cm³/mol. The lowest BCUT2D eigenvalue weighted by molar-refractivity contribution is 0.472. The van der Waals surface area contributed by atoms with Crippen LogP contribution >= 0.6 is 7.14 Å². The quantitative estimate of drug-likeness (QED) is 0.454. The summed E-state index contributed by atoms with van der Waals surface area (Å²) in [6.45, 7) is 0. The van der Waals surface area contributed by atoms with E-state index in [0.29, 0.717) is 17.0 Å². The van der Waals surface area contributed by atoms with Crippen LogP contribution < -0.4 is 16.1 Å². The van der Waals surface area contributed by atoms with E-state index in [0.717, 1.165) is 10.6 Å². The van der Waals surface area contributed by atoms with E-state index in [9.17, 15) is 9.67 Å². The van der Waals surface area contributed by atoms with Crippen LogP contribution in [0.25, 0.3) is 11.5 Å². The Labute approximate surface area is 78.6 Å². The summed E-state index contributed by atoms with van der Waals surface area (Å²) in [6, 6.07) is 3.17. The molecule has 2 aromatic heterocycles. The van der Waals surface area contributed by atoms with Crippen molar-refractivity contribution in [2.24, 2.45) is 0 Å². The molecule has 1 N–H and O–H groups in total. The highest BCUT2D eigenvalue weighted by atomic mass is 31.2. The molecule has 0 saturated heterocycles. The van der Waals surface area contributed by atoms with Gasteiger partial charge in [0.05, 0.1) is 10.6 Å². The highest BCUT2D eigenvalue weighted by molar-refractivity contribution is 8.06. The van der Waals surface area contributed by atoms with Crippen LogP contribution in [-0.2, 0) is 4.57 Å². The maximum absolute atomic E-state index is 11.7. The van der Waals surface area contributed by atoms with E-state index in [1.807, 2.05) is 0 Å². The van der Waals surface area contributed by atoms with Crippen molar-refractivity contribution in [1.29, 1.82) is 0 Å². The third kappa shape index (κ3) is 0.496. The van der Waals surface area contributed by atoms with E-state index < -0.39 is 7.14 Å². The standard InChI is InChI=1S/C9H4NO3P/c11-4-2-1-3-10-5(4)6-7-8-9(13-6)14(7,8)12/h1-3,11H. The maximum atomic E-state index is 11.7. The monoisotopic (exact) mass is 205 g/mol. The smallest absolute Gasteiger partial charge is 0.214 e. The van der Waals surface area contributed by atoms with Crippen LogP contribution in [0, 0.1) is 0 Å². The molecular weight excluding hydrogens is 201 g/mol. The van der Waals surface area contributed by atoms with E-state index in [1.54, 1.807) is 12.3 Å². The average molecular weight is 205 g/mol. The van der Waals surface area contributed by atoms with Gasteiger partial charge in [0.25, 0.3) is 0 Å². The fourth-order valence-corrected chi connectivity index (χ4v) is 4.31. The lowest BCUT2D eigenvalue weighted by Crippen LogP contribution is -1.96. The largest absolute Gasteiger partial charge is 0.506 e. The molecule has 4 nitrogen and oxygen atoms in total. The molecule has 5 heterocycles. The molecule has 68 valence electrons. The second-order valence-corrected chi connectivity index (χ2v) is 5.93. The maximum Gasteiger partial charge on any atom is 0.214 e. The molecule has 3 aliphatic heterocycles. The van der Waals surface area contributed by atoms with E-state index in [1.165, 1.54) is 6.07 Å². The van der Waals surface area contributed by atoms with Gasteiger partial charge in [-0.25, -0.2) is 4.98 Å². The zero-order valence-corrected chi connectivity index (χ0v) is 7.78. The lowest BCUT2D eigenvalue weighted by atomic mass is 10.2. The van der Waals surface area contributed by atoms with Crippen molar-refractivity contribution in [3.63, 3.8) is 0 Å². The number of nitrogens with zero attached hydrogens (tertiary/aromatic N) is 1. The van der Waals surface area contributed by atoms with Crippen LogP contribution in [0.5, 0.6) is 5.75 Å². The molecule has 0 aliphatic carbocycles. The van der Waals surface area contributed by atoms with Crippen LogP contribution in [0.3, 0.4) is 0 Å². The average Bonchev–Trinajstić information content (AvgIpc) is 2.83. The molecule has 0 saturated carbocycles. The first-order valence-corrected chi connectivity index (χ1v) is 5.88. The number of pyridine rings is 1. The normalized spacial score (nSPS) is 24.6. The zero-order chi connectivity index (χ0) is 9.50. The van der Waals surface area contributed by atoms with Crippen LogP contribution in [0.15, 0.2) is 22.7 Å². The topological polar surface area (TPSA) is 63.3 Å². The number of aromatic nitrogens is 1. The molecule has 2 aromatic rings. The highest BCUT2D eigenvalue weighted by Crippen LogP contribution is 2.70. The Bertz CT molecular complexity index is 635. The molecule has 1 atom stereocenters. The van der Waals surface area contributed by atoms with Crippen molar-refractivity contribution < 1.29 is 14.1 Å². The van der Waals surface area contributed by atoms with Gasteiger partial charge in [-0.05, 0) is 12.1 Å². The van der Waals surface area contributed by atoms with Gasteiger partial charge in [-0.3, -0.25) is 0 Å². The Hall–Kier alpha value is -1.54. The summed E-state index contributed by atoms with van der Waals surface area (Å²) in [5, 5.41) is 11.2. The van der Waals surface area contributed by atoms with E-state index in [4.69, 9.17) is 4.42 Å². The van der Waals surface area contributed by atoms with Crippen molar-refractivity contribution >= 4 is 23.3 Å². The van der Waals surface area contributed by atoms with Crippen LogP contribution in [-0.4, -0.2) is 10.1 Å². The Morgan fingerprint density at radius 3 is 2.79 bits per heavy atom. The van der Waals surface area contributed by atoms with Gasteiger partial charge in [0.15, 0.2) is 11.3 Å². The van der Waals surface area contributed by atoms with Gasteiger partial charge in [0.2, 0.25) is 7.14 Å². The first-order valence-electron chi connectivity index (χ1n) is 4.17. The second-order valence-electron chi connectivity index (χ2n) is 3.41. The number of hydrogen-bond acceptors (Lipinski definition) is 4. The lowest BCUT2D eigenvalue weighted by Gasteiger charge is -1.96. The molecule has 5 heteroatoms. The predicted octanol–water partition coefficient (Wildman–Crippen LogP) is 0.313. The van der Waals surface area contributed by atoms with Crippen molar-refractivity contribution in [3.05, 3.63) is 18.3 Å². The zero-order valence-electron chi connectivity index (χ0n) is 6.89. The van der Waals surface area contributed by atoms with Gasteiger partial charge >= 0.3 is 0 Å². The summed E-state index contributed by atoms with van der Waals surface area (Å²) in [6.07, 6.45) is 1.57. The van der Waals surface area contributed by atoms with Crippen molar-refractivity contribution in [2.45, 2.75) is 0 Å². The van der Waals surface area contributed by atoms with E-state index in [2.05, 4.69) is 4.98 Å². The van der Waals surface area contributed by atoms with Gasteiger partial charge in [-0.15, -0.1) is 0 Å². The number of furan rings is 1. The summed E-state index contributed by atoms with van der Waals surface area (Å²) in [5.41, 5.74) is 1.03. The summed E-state index contributed by atoms with van der Waals surface area (Å²) in [5.74, 6) is 0.562. The SMILES string of the molecule is O=P12c3oc(-c4ncccc4O)c1c32. The van der Waals surface area contributed by atoms with E-state index >= 15 is 0 Å². The van der Waals surface area contributed by atoms with Crippen LogP contribution in [0.2, 0.25) is 0 Å².